The summed E-state index contributed by atoms with van der Waals surface area (Å²) in [4.78, 5) is 15.5. The molecule has 2 fully saturated rings. The van der Waals surface area contributed by atoms with Crippen molar-refractivity contribution in [2.24, 2.45) is 5.92 Å². The summed E-state index contributed by atoms with van der Waals surface area (Å²) in [5.74, 6) is 2.63. The predicted octanol–water partition coefficient (Wildman–Crippen LogP) is 4.37. The minimum atomic E-state index is -0.442. The minimum absolute atomic E-state index is 0.121. The van der Waals surface area contributed by atoms with Gasteiger partial charge in [-0.25, -0.2) is 0 Å². The molecule has 2 aliphatic carbocycles. The van der Waals surface area contributed by atoms with E-state index in [0.29, 0.717) is 24.4 Å². The van der Waals surface area contributed by atoms with E-state index in [1.54, 1.807) is 7.11 Å². The van der Waals surface area contributed by atoms with Crippen LogP contribution in [0.25, 0.3) is 0 Å². The summed E-state index contributed by atoms with van der Waals surface area (Å²) in [6, 6.07) is 14.2. The summed E-state index contributed by atoms with van der Waals surface area (Å²) in [6.45, 7) is 3.11. The number of rotatable bonds is 4. The van der Waals surface area contributed by atoms with Crippen molar-refractivity contribution in [1.82, 2.24) is 4.90 Å². The Balaban J connectivity index is 1.80. The van der Waals surface area contributed by atoms with Gasteiger partial charge in [0.1, 0.15) is 11.5 Å². The Morgan fingerprint density at radius 3 is 2.55 bits per heavy atom. The second-order valence-corrected chi connectivity index (χ2v) is 9.40. The lowest BCUT2D eigenvalue weighted by Gasteiger charge is -2.66. The van der Waals surface area contributed by atoms with Crippen molar-refractivity contribution in [2.45, 2.75) is 49.7 Å². The van der Waals surface area contributed by atoms with E-state index in [4.69, 9.17) is 14.2 Å². The Morgan fingerprint density at radius 1 is 1.06 bits per heavy atom. The number of ether oxygens (including phenoxy) is 3. The number of Topliss-reactive ketones (excluding diaryl/α,β-unsaturated/α-hetero) is 1. The number of ketones is 1. The van der Waals surface area contributed by atoms with Crippen LogP contribution in [0.4, 0.5) is 0 Å². The first kappa shape index (κ1) is 20.5. The van der Waals surface area contributed by atoms with Gasteiger partial charge in [0.15, 0.2) is 11.5 Å². The van der Waals surface area contributed by atoms with Gasteiger partial charge in [0.25, 0.3) is 0 Å². The number of likely N-dealkylation sites (N-methyl/N-ethyl adjacent to an activating group) is 1. The van der Waals surface area contributed by atoms with Gasteiger partial charge in [-0.3, -0.25) is 4.79 Å². The maximum atomic E-state index is 13.1. The zero-order chi connectivity index (χ0) is 21.8. The number of hydrogen-bond donors (Lipinski definition) is 0. The van der Waals surface area contributed by atoms with E-state index in [1.165, 1.54) is 5.56 Å². The molecule has 0 spiro atoms. The van der Waals surface area contributed by atoms with E-state index >= 15 is 0 Å². The van der Waals surface area contributed by atoms with E-state index in [2.05, 4.69) is 24.9 Å². The molecular formula is C26H31NO4. The number of para-hydroxylation sites is 1. The lowest BCUT2D eigenvalue weighted by Crippen LogP contribution is -2.76. The highest BCUT2D eigenvalue weighted by Gasteiger charge is 2.69. The first-order chi connectivity index (χ1) is 15.0. The summed E-state index contributed by atoms with van der Waals surface area (Å²) in [7, 11) is 5.69. The SMILES string of the molecule is COc1ccc2c(c1Oc1ccccc1)[C@]13CCN(C)[C@H](C2)[C@]1(OC)[C@H](C)CC(=O)C3. The number of methoxy groups -OCH3 is 2. The van der Waals surface area contributed by atoms with Crippen LogP contribution in [-0.4, -0.2) is 50.1 Å². The molecule has 1 saturated carbocycles. The van der Waals surface area contributed by atoms with Gasteiger partial charge >= 0.3 is 0 Å². The molecule has 2 aromatic rings. The van der Waals surface area contributed by atoms with Crippen LogP contribution in [-0.2, 0) is 21.4 Å². The number of benzene rings is 2. The van der Waals surface area contributed by atoms with Crippen molar-refractivity contribution >= 4 is 5.78 Å². The molecule has 1 saturated heterocycles. The quantitative estimate of drug-likeness (QED) is 0.734. The van der Waals surface area contributed by atoms with Gasteiger partial charge in [-0.2, -0.15) is 0 Å². The van der Waals surface area contributed by atoms with Gasteiger partial charge in [0.2, 0.25) is 0 Å². The van der Waals surface area contributed by atoms with Crippen LogP contribution in [0.1, 0.15) is 37.3 Å². The molecule has 3 aliphatic rings. The van der Waals surface area contributed by atoms with Crippen molar-refractivity contribution in [3.05, 3.63) is 53.6 Å². The molecule has 0 aromatic heterocycles. The predicted molar refractivity (Wildman–Crippen MR) is 119 cm³/mol. The number of nitrogens with zero attached hydrogens (tertiary/aromatic N) is 1. The average Bonchev–Trinajstić information content (AvgIpc) is 2.76. The van der Waals surface area contributed by atoms with Crippen molar-refractivity contribution in [1.29, 1.82) is 0 Å². The standard InChI is InChI=1S/C26H31NO4/c1-17-14-19(28)16-25-12-13-27(2)22(26(17,25)30-4)15-18-10-11-21(29-3)24(23(18)25)31-20-8-6-5-7-9-20/h5-11,17,22H,12-16H2,1-4H3/t17-,22-,25-,26-/m1/s1. The van der Waals surface area contributed by atoms with E-state index in [9.17, 15) is 4.79 Å². The molecule has 1 heterocycles. The molecular weight excluding hydrogens is 390 g/mol. The molecule has 0 unspecified atom stereocenters. The third-order valence-corrected chi connectivity index (χ3v) is 8.05. The van der Waals surface area contributed by atoms with Gasteiger partial charge in [0.05, 0.1) is 12.7 Å². The van der Waals surface area contributed by atoms with Crippen LogP contribution >= 0.6 is 0 Å². The number of fused-ring (bicyclic) bond motifs is 1. The fourth-order valence-corrected chi connectivity index (χ4v) is 6.92. The Morgan fingerprint density at radius 2 is 1.84 bits per heavy atom. The summed E-state index contributed by atoms with van der Waals surface area (Å²) in [6.07, 6.45) is 2.78. The normalized spacial score (nSPS) is 32.2. The van der Waals surface area contributed by atoms with Crippen molar-refractivity contribution in [3.8, 4) is 17.2 Å². The number of hydrogen-bond acceptors (Lipinski definition) is 5. The van der Waals surface area contributed by atoms with Crippen LogP contribution in [0.5, 0.6) is 17.2 Å². The van der Waals surface area contributed by atoms with E-state index < -0.39 is 11.0 Å². The van der Waals surface area contributed by atoms with E-state index in [-0.39, 0.29) is 12.0 Å². The minimum Gasteiger partial charge on any atom is -0.493 e. The van der Waals surface area contributed by atoms with Gasteiger partial charge in [-0.05, 0) is 56.1 Å². The van der Waals surface area contributed by atoms with E-state index in [0.717, 1.165) is 36.4 Å². The summed E-state index contributed by atoms with van der Waals surface area (Å²) >= 11 is 0. The molecule has 5 heteroatoms. The molecule has 5 rings (SSSR count). The van der Waals surface area contributed by atoms with Crippen molar-refractivity contribution in [2.75, 3.05) is 27.8 Å². The van der Waals surface area contributed by atoms with Crippen molar-refractivity contribution in [3.63, 3.8) is 0 Å². The zero-order valence-corrected chi connectivity index (χ0v) is 18.8. The molecule has 0 radical (unpaired) electrons. The van der Waals surface area contributed by atoms with Gasteiger partial charge in [0, 0.05) is 37.0 Å². The number of carbonyl (C=O) groups excluding carboxylic acids is 1. The third-order valence-electron chi connectivity index (χ3n) is 8.05. The molecule has 0 amide bonds. The van der Waals surface area contributed by atoms with Crippen LogP contribution in [0.3, 0.4) is 0 Å². The smallest absolute Gasteiger partial charge is 0.173 e. The Hall–Kier alpha value is -2.37. The lowest BCUT2D eigenvalue weighted by molar-refractivity contribution is -0.206. The summed E-state index contributed by atoms with van der Waals surface area (Å²) in [5, 5.41) is 0. The molecule has 2 aromatic carbocycles. The fraction of sp³-hybridized carbons (Fsp3) is 0.500. The van der Waals surface area contributed by atoms with Gasteiger partial charge < -0.3 is 19.1 Å². The van der Waals surface area contributed by atoms with Gasteiger partial charge in [-0.15, -0.1) is 0 Å². The number of likely N-dealkylation sites (tertiary alicyclic amines) is 1. The maximum Gasteiger partial charge on any atom is 0.173 e. The van der Waals surface area contributed by atoms with Crippen LogP contribution in [0, 0.1) is 5.92 Å². The third kappa shape index (κ3) is 2.72. The van der Waals surface area contributed by atoms with E-state index in [1.807, 2.05) is 43.5 Å². The highest BCUT2D eigenvalue weighted by Crippen LogP contribution is 2.63. The van der Waals surface area contributed by atoms with Crippen LogP contribution < -0.4 is 9.47 Å². The second-order valence-electron chi connectivity index (χ2n) is 9.40. The highest BCUT2D eigenvalue weighted by atomic mass is 16.5. The summed E-state index contributed by atoms with van der Waals surface area (Å²) in [5.41, 5.74) is 1.47. The van der Waals surface area contributed by atoms with Crippen molar-refractivity contribution < 1.29 is 19.0 Å². The molecule has 4 atom stereocenters. The zero-order valence-electron chi connectivity index (χ0n) is 18.8. The summed E-state index contributed by atoms with van der Waals surface area (Å²) < 4.78 is 18.8. The number of piperidine rings is 1. The number of carbonyl (C=O) groups is 1. The molecule has 31 heavy (non-hydrogen) atoms. The topological polar surface area (TPSA) is 48.0 Å². The lowest BCUT2D eigenvalue weighted by atomic mass is 9.46. The first-order valence-corrected chi connectivity index (χ1v) is 11.2. The second kappa shape index (κ2) is 7.35. The highest BCUT2D eigenvalue weighted by molar-refractivity contribution is 5.83. The Kier molecular flexibility index (Phi) is 4.87. The maximum absolute atomic E-state index is 13.1. The first-order valence-electron chi connectivity index (χ1n) is 11.2. The fourth-order valence-electron chi connectivity index (χ4n) is 6.92. The largest absolute Gasteiger partial charge is 0.493 e. The Labute approximate surface area is 184 Å². The molecule has 5 nitrogen and oxygen atoms in total. The molecule has 0 N–H and O–H groups in total. The van der Waals surface area contributed by atoms with Gasteiger partial charge in [-0.1, -0.05) is 31.2 Å². The average molecular weight is 422 g/mol. The molecule has 164 valence electrons. The Bertz CT molecular complexity index is 1010. The van der Waals surface area contributed by atoms with Crippen LogP contribution in [0.15, 0.2) is 42.5 Å². The van der Waals surface area contributed by atoms with Crippen LogP contribution in [0.2, 0.25) is 0 Å². The monoisotopic (exact) mass is 421 g/mol. The molecule has 1 aliphatic heterocycles. The molecule has 2 bridgehead atoms.